The minimum atomic E-state index is 0.472. The summed E-state index contributed by atoms with van der Waals surface area (Å²) >= 11 is 0. The van der Waals surface area contributed by atoms with Gasteiger partial charge in [0.15, 0.2) is 0 Å². The van der Waals surface area contributed by atoms with Crippen molar-refractivity contribution in [1.29, 1.82) is 0 Å². The molecule has 0 saturated heterocycles. The molecule has 3 nitrogen and oxygen atoms in total. The maximum Gasteiger partial charge on any atom is 0.0922 e. The maximum atomic E-state index is 4.00. The van der Waals surface area contributed by atoms with Gasteiger partial charge in [0.2, 0.25) is 0 Å². The molecule has 0 saturated carbocycles. The van der Waals surface area contributed by atoms with Gasteiger partial charge >= 0.3 is 0 Å². The smallest absolute Gasteiger partial charge is 0.0922 e. The van der Waals surface area contributed by atoms with Crippen molar-refractivity contribution < 1.29 is 0 Å². The first-order valence-electron chi connectivity index (χ1n) is 5.94. The minimum absolute atomic E-state index is 0.472. The molecule has 0 aliphatic carbocycles. The van der Waals surface area contributed by atoms with Crippen LogP contribution in [0.4, 0.5) is 0 Å². The summed E-state index contributed by atoms with van der Waals surface area (Å²) in [7, 11) is 0. The Kier molecular flexibility index (Phi) is 4.82. The van der Waals surface area contributed by atoms with Crippen molar-refractivity contribution in [3.05, 3.63) is 18.2 Å². The molecule has 0 aromatic carbocycles. The van der Waals surface area contributed by atoms with Crippen LogP contribution in [0.2, 0.25) is 0 Å². The largest absolute Gasteiger partial charge is 0.347 e. The molecule has 0 atom stereocenters. The van der Waals surface area contributed by atoms with Gasteiger partial charge in [0.1, 0.15) is 0 Å². The molecule has 1 rings (SSSR count). The second-order valence-corrected chi connectivity index (χ2v) is 4.24. The Morgan fingerprint density at radius 2 is 1.93 bits per heavy atom. The molecule has 0 fully saturated rings. The maximum absolute atomic E-state index is 4.00. The van der Waals surface area contributed by atoms with Gasteiger partial charge in [-0.3, -0.25) is 0 Å². The standard InChI is InChI=1S/C12H23N3/c1-4-12(5-2,6-3)9-13-7-11-8-14-10-15-11/h8,10,13H,4-7,9H2,1-3H3,(H,14,15). The second-order valence-electron chi connectivity index (χ2n) is 4.24. The zero-order valence-electron chi connectivity index (χ0n) is 10.1. The molecule has 0 amide bonds. The highest BCUT2D eigenvalue weighted by molar-refractivity contribution is 4.93. The van der Waals surface area contributed by atoms with Crippen molar-refractivity contribution in [3.63, 3.8) is 0 Å². The number of imidazole rings is 1. The predicted molar refractivity (Wildman–Crippen MR) is 63.6 cm³/mol. The number of hydrogen-bond donors (Lipinski definition) is 2. The number of H-pyrrole nitrogens is 1. The Hall–Kier alpha value is -0.830. The van der Waals surface area contributed by atoms with E-state index >= 15 is 0 Å². The molecule has 0 radical (unpaired) electrons. The topological polar surface area (TPSA) is 40.7 Å². The van der Waals surface area contributed by atoms with E-state index in [1.165, 1.54) is 19.3 Å². The molecule has 0 unspecified atom stereocenters. The van der Waals surface area contributed by atoms with Crippen molar-refractivity contribution in [2.24, 2.45) is 5.41 Å². The van der Waals surface area contributed by atoms with Gasteiger partial charge in [0.25, 0.3) is 0 Å². The first-order valence-corrected chi connectivity index (χ1v) is 5.94. The zero-order chi connectivity index (χ0) is 11.1. The van der Waals surface area contributed by atoms with Crippen molar-refractivity contribution in [3.8, 4) is 0 Å². The molecular formula is C12H23N3. The summed E-state index contributed by atoms with van der Waals surface area (Å²) in [6.07, 6.45) is 7.34. The third-order valence-electron chi connectivity index (χ3n) is 3.62. The fraction of sp³-hybridized carbons (Fsp3) is 0.750. The first-order chi connectivity index (χ1) is 7.26. The monoisotopic (exact) mass is 209 g/mol. The van der Waals surface area contributed by atoms with E-state index < -0.39 is 0 Å². The van der Waals surface area contributed by atoms with Crippen LogP contribution in [0.3, 0.4) is 0 Å². The molecular weight excluding hydrogens is 186 g/mol. The predicted octanol–water partition coefficient (Wildman–Crippen LogP) is 2.72. The van der Waals surface area contributed by atoms with E-state index in [-0.39, 0.29) is 0 Å². The van der Waals surface area contributed by atoms with Gasteiger partial charge in [-0.15, -0.1) is 0 Å². The molecule has 0 aliphatic rings. The van der Waals surface area contributed by atoms with Crippen molar-refractivity contribution in [2.45, 2.75) is 46.6 Å². The zero-order valence-corrected chi connectivity index (χ0v) is 10.1. The summed E-state index contributed by atoms with van der Waals surface area (Å²) < 4.78 is 0. The Bertz CT molecular complexity index is 242. The van der Waals surface area contributed by atoms with Crippen molar-refractivity contribution >= 4 is 0 Å². The average molecular weight is 209 g/mol. The van der Waals surface area contributed by atoms with Crippen LogP contribution in [-0.2, 0) is 6.54 Å². The Labute approximate surface area is 92.7 Å². The molecule has 1 aromatic rings. The van der Waals surface area contributed by atoms with Crippen LogP contribution in [0.25, 0.3) is 0 Å². The van der Waals surface area contributed by atoms with Crippen LogP contribution in [0.1, 0.15) is 45.7 Å². The Morgan fingerprint density at radius 3 is 2.40 bits per heavy atom. The van der Waals surface area contributed by atoms with Crippen LogP contribution in [0.5, 0.6) is 0 Å². The summed E-state index contributed by atoms with van der Waals surface area (Å²) in [5.41, 5.74) is 1.63. The molecule has 2 N–H and O–H groups in total. The van der Waals surface area contributed by atoms with E-state index in [1.807, 2.05) is 6.20 Å². The summed E-state index contributed by atoms with van der Waals surface area (Å²) in [5, 5.41) is 3.51. The Balaban J connectivity index is 2.34. The summed E-state index contributed by atoms with van der Waals surface area (Å²) in [5.74, 6) is 0. The van der Waals surface area contributed by atoms with Crippen LogP contribution < -0.4 is 5.32 Å². The van der Waals surface area contributed by atoms with E-state index in [0.717, 1.165) is 18.8 Å². The fourth-order valence-corrected chi connectivity index (χ4v) is 1.97. The molecule has 1 heterocycles. The van der Waals surface area contributed by atoms with Gasteiger partial charge in [-0.1, -0.05) is 20.8 Å². The Morgan fingerprint density at radius 1 is 1.27 bits per heavy atom. The van der Waals surface area contributed by atoms with Gasteiger partial charge < -0.3 is 10.3 Å². The van der Waals surface area contributed by atoms with Gasteiger partial charge in [0.05, 0.1) is 6.33 Å². The highest BCUT2D eigenvalue weighted by Crippen LogP contribution is 2.29. The molecule has 1 aromatic heterocycles. The first kappa shape index (κ1) is 12.2. The third kappa shape index (κ3) is 3.34. The number of rotatable bonds is 7. The van der Waals surface area contributed by atoms with Crippen LogP contribution >= 0.6 is 0 Å². The lowest BCUT2D eigenvalue weighted by atomic mass is 9.80. The second kappa shape index (κ2) is 5.91. The van der Waals surface area contributed by atoms with Gasteiger partial charge in [-0.2, -0.15) is 0 Å². The van der Waals surface area contributed by atoms with E-state index in [4.69, 9.17) is 0 Å². The highest BCUT2D eigenvalue weighted by Gasteiger charge is 2.22. The van der Waals surface area contributed by atoms with Crippen LogP contribution in [-0.4, -0.2) is 16.5 Å². The number of aromatic nitrogens is 2. The fourth-order valence-electron chi connectivity index (χ4n) is 1.97. The molecule has 0 aliphatic heterocycles. The number of aromatic amines is 1. The normalized spacial score (nSPS) is 11.9. The lowest BCUT2D eigenvalue weighted by Crippen LogP contribution is -2.32. The van der Waals surface area contributed by atoms with Crippen molar-refractivity contribution in [1.82, 2.24) is 15.3 Å². The van der Waals surface area contributed by atoms with E-state index in [1.54, 1.807) is 6.33 Å². The lowest BCUT2D eigenvalue weighted by Gasteiger charge is -2.30. The van der Waals surface area contributed by atoms with Gasteiger partial charge in [-0.25, -0.2) is 4.98 Å². The van der Waals surface area contributed by atoms with Crippen LogP contribution in [0, 0.1) is 5.41 Å². The molecule has 15 heavy (non-hydrogen) atoms. The minimum Gasteiger partial charge on any atom is -0.347 e. The molecule has 86 valence electrons. The van der Waals surface area contributed by atoms with Crippen molar-refractivity contribution in [2.75, 3.05) is 6.54 Å². The van der Waals surface area contributed by atoms with E-state index in [2.05, 4.69) is 36.1 Å². The summed E-state index contributed by atoms with van der Waals surface area (Å²) in [6, 6.07) is 0. The van der Waals surface area contributed by atoms with Crippen LogP contribution in [0.15, 0.2) is 12.5 Å². The number of nitrogens with one attached hydrogen (secondary N) is 2. The molecule has 0 spiro atoms. The quantitative estimate of drug-likeness (QED) is 0.725. The summed E-state index contributed by atoms with van der Waals surface area (Å²) in [6.45, 7) is 8.83. The number of hydrogen-bond acceptors (Lipinski definition) is 2. The van der Waals surface area contributed by atoms with Gasteiger partial charge in [0, 0.05) is 25.0 Å². The molecule has 3 heteroatoms. The SMILES string of the molecule is CCC(CC)(CC)CNCc1cnc[nH]1. The van der Waals surface area contributed by atoms with E-state index in [0.29, 0.717) is 5.41 Å². The third-order valence-corrected chi connectivity index (χ3v) is 3.62. The average Bonchev–Trinajstić information content (AvgIpc) is 2.78. The molecule has 0 bridgehead atoms. The van der Waals surface area contributed by atoms with E-state index in [9.17, 15) is 0 Å². The highest BCUT2D eigenvalue weighted by atomic mass is 14.9. The lowest BCUT2D eigenvalue weighted by molar-refractivity contribution is 0.237. The van der Waals surface area contributed by atoms with Gasteiger partial charge in [-0.05, 0) is 24.7 Å². The number of nitrogens with zero attached hydrogens (tertiary/aromatic N) is 1. The summed E-state index contributed by atoms with van der Waals surface area (Å²) in [4.78, 5) is 7.11.